The molecule has 0 saturated carbocycles. The molecule has 0 spiro atoms. The average molecular weight is 296 g/mol. The van der Waals surface area contributed by atoms with Gasteiger partial charge in [-0.05, 0) is 38.5 Å². The van der Waals surface area contributed by atoms with E-state index in [9.17, 15) is 4.79 Å². The number of aromatic amines is 1. The third-order valence-electron chi connectivity index (χ3n) is 3.19. The van der Waals surface area contributed by atoms with Gasteiger partial charge in [0, 0.05) is 17.2 Å². The van der Waals surface area contributed by atoms with Crippen molar-refractivity contribution in [1.29, 1.82) is 0 Å². The first kappa shape index (κ1) is 15.0. The molecule has 0 fully saturated rings. The van der Waals surface area contributed by atoms with Crippen LogP contribution in [0.15, 0.2) is 23.0 Å². The number of rotatable bonds is 5. The molecule has 0 amide bonds. The lowest BCUT2D eigenvalue weighted by Crippen LogP contribution is -2.40. The molecule has 1 aromatic carbocycles. The zero-order valence-electron chi connectivity index (χ0n) is 11.5. The number of nitrogens with zero attached hydrogens (tertiary/aromatic N) is 1. The third kappa shape index (κ3) is 3.56. The Balaban J connectivity index is 2.25. The quantitative estimate of drug-likeness (QED) is 0.786. The minimum Gasteiger partial charge on any atom is -0.396 e. The molecule has 0 saturated heterocycles. The molecule has 0 atom stereocenters. The largest absolute Gasteiger partial charge is 0.396 e. The summed E-state index contributed by atoms with van der Waals surface area (Å²) in [5.41, 5.74) is 0.179. The van der Waals surface area contributed by atoms with Gasteiger partial charge in [-0.3, -0.25) is 4.79 Å². The van der Waals surface area contributed by atoms with E-state index in [-0.39, 0.29) is 17.7 Å². The van der Waals surface area contributed by atoms with Crippen LogP contribution in [0.3, 0.4) is 0 Å². The fourth-order valence-electron chi connectivity index (χ4n) is 1.94. The maximum Gasteiger partial charge on any atom is 0.258 e. The second-order valence-corrected chi connectivity index (χ2v) is 5.82. The van der Waals surface area contributed by atoms with Crippen LogP contribution in [0.4, 0.5) is 0 Å². The van der Waals surface area contributed by atoms with Crippen LogP contribution < -0.4 is 10.9 Å². The van der Waals surface area contributed by atoms with E-state index in [1.807, 2.05) is 13.8 Å². The maximum atomic E-state index is 12.0. The molecule has 0 radical (unpaired) electrons. The van der Waals surface area contributed by atoms with Gasteiger partial charge >= 0.3 is 0 Å². The number of hydrogen-bond donors (Lipinski definition) is 3. The number of halogens is 1. The molecule has 0 aliphatic carbocycles. The maximum absolute atomic E-state index is 12.0. The molecule has 2 rings (SSSR count). The van der Waals surface area contributed by atoms with E-state index in [0.29, 0.717) is 34.7 Å². The van der Waals surface area contributed by atoms with Crippen molar-refractivity contribution >= 4 is 22.5 Å². The summed E-state index contributed by atoms with van der Waals surface area (Å²) in [5.74, 6) is 0.552. The normalized spacial score (nSPS) is 12.0. The smallest absolute Gasteiger partial charge is 0.258 e. The van der Waals surface area contributed by atoms with Crippen molar-refractivity contribution in [3.63, 3.8) is 0 Å². The Hall–Kier alpha value is -1.43. The van der Waals surface area contributed by atoms with Crippen LogP contribution in [0.25, 0.3) is 10.9 Å². The summed E-state index contributed by atoms with van der Waals surface area (Å²) in [7, 11) is 0. The van der Waals surface area contributed by atoms with Crippen LogP contribution >= 0.6 is 11.6 Å². The van der Waals surface area contributed by atoms with Crippen LogP contribution in [0.1, 0.15) is 26.1 Å². The van der Waals surface area contributed by atoms with E-state index in [4.69, 9.17) is 16.7 Å². The van der Waals surface area contributed by atoms with Gasteiger partial charge in [0.15, 0.2) is 0 Å². The molecule has 0 aliphatic heterocycles. The van der Waals surface area contributed by atoms with E-state index < -0.39 is 0 Å². The number of nitrogens with one attached hydrogen (secondary N) is 2. The first-order valence-corrected chi connectivity index (χ1v) is 6.83. The van der Waals surface area contributed by atoms with Crippen molar-refractivity contribution in [3.8, 4) is 0 Å². The number of aliphatic hydroxyl groups excluding tert-OH is 1. The van der Waals surface area contributed by atoms with Crippen LogP contribution in [-0.4, -0.2) is 27.2 Å². The summed E-state index contributed by atoms with van der Waals surface area (Å²) in [6.45, 7) is 4.50. The van der Waals surface area contributed by atoms with Crippen molar-refractivity contribution in [2.24, 2.45) is 0 Å². The van der Waals surface area contributed by atoms with Gasteiger partial charge in [0.25, 0.3) is 5.56 Å². The first-order valence-electron chi connectivity index (χ1n) is 6.46. The van der Waals surface area contributed by atoms with Gasteiger partial charge in [0.1, 0.15) is 5.82 Å². The minimum absolute atomic E-state index is 0.108. The highest BCUT2D eigenvalue weighted by Gasteiger charge is 2.16. The lowest BCUT2D eigenvalue weighted by molar-refractivity contribution is 0.229. The zero-order valence-corrected chi connectivity index (χ0v) is 12.3. The number of benzene rings is 1. The van der Waals surface area contributed by atoms with Crippen molar-refractivity contribution < 1.29 is 5.11 Å². The van der Waals surface area contributed by atoms with Gasteiger partial charge in [-0.15, -0.1) is 0 Å². The molecule has 0 aliphatic rings. The van der Waals surface area contributed by atoms with E-state index in [1.165, 1.54) is 0 Å². The van der Waals surface area contributed by atoms with Gasteiger partial charge in [-0.1, -0.05) is 11.6 Å². The van der Waals surface area contributed by atoms with Crippen molar-refractivity contribution in [2.75, 3.05) is 6.61 Å². The molecule has 0 bridgehead atoms. The molecule has 0 unspecified atom stereocenters. The van der Waals surface area contributed by atoms with Crippen LogP contribution in [0, 0.1) is 0 Å². The van der Waals surface area contributed by atoms with Crippen LogP contribution in [0.2, 0.25) is 5.02 Å². The fourth-order valence-corrected chi connectivity index (χ4v) is 2.10. The van der Waals surface area contributed by atoms with Crippen LogP contribution in [0.5, 0.6) is 0 Å². The monoisotopic (exact) mass is 295 g/mol. The topological polar surface area (TPSA) is 78.0 Å². The zero-order chi connectivity index (χ0) is 14.8. The number of hydrogen-bond acceptors (Lipinski definition) is 4. The SMILES string of the molecule is CC(C)(CCO)NCc1nc2cc(Cl)ccc2c(=O)[nH]1. The molecular formula is C14H18ClN3O2. The Morgan fingerprint density at radius 2 is 2.20 bits per heavy atom. The van der Waals surface area contributed by atoms with Gasteiger partial charge in [-0.2, -0.15) is 0 Å². The predicted octanol–water partition coefficient (Wildman–Crippen LogP) is 1.83. The second-order valence-electron chi connectivity index (χ2n) is 5.39. The van der Waals surface area contributed by atoms with E-state index in [0.717, 1.165) is 0 Å². The number of H-pyrrole nitrogens is 1. The molecule has 108 valence electrons. The Labute approximate surface area is 122 Å². The lowest BCUT2D eigenvalue weighted by atomic mass is 10.0. The van der Waals surface area contributed by atoms with Crippen LogP contribution in [-0.2, 0) is 6.54 Å². The van der Waals surface area contributed by atoms with E-state index in [1.54, 1.807) is 18.2 Å². The summed E-state index contributed by atoms with van der Waals surface area (Å²) >= 11 is 5.92. The van der Waals surface area contributed by atoms with E-state index >= 15 is 0 Å². The molecule has 6 heteroatoms. The molecule has 20 heavy (non-hydrogen) atoms. The van der Waals surface area contributed by atoms with Gasteiger partial charge in [-0.25, -0.2) is 4.98 Å². The van der Waals surface area contributed by atoms with Crippen molar-refractivity contribution in [2.45, 2.75) is 32.4 Å². The molecule has 1 heterocycles. The van der Waals surface area contributed by atoms with Gasteiger partial charge in [0.2, 0.25) is 0 Å². The van der Waals surface area contributed by atoms with Gasteiger partial charge in [0.05, 0.1) is 17.4 Å². The summed E-state index contributed by atoms with van der Waals surface area (Å²) in [5, 5.41) is 13.3. The molecule has 3 N–H and O–H groups in total. The molecule has 1 aromatic heterocycles. The highest BCUT2D eigenvalue weighted by Crippen LogP contribution is 2.15. The first-order chi connectivity index (χ1) is 9.41. The summed E-state index contributed by atoms with van der Waals surface area (Å²) in [6, 6.07) is 5.01. The Bertz CT molecular complexity index is 667. The Morgan fingerprint density at radius 1 is 1.45 bits per heavy atom. The fraction of sp³-hybridized carbons (Fsp3) is 0.429. The van der Waals surface area contributed by atoms with Crippen molar-refractivity contribution in [3.05, 3.63) is 39.4 Å². The minimum atomic E-state index is -0.226. The van der Waals surface area contributed by atoms with Gasteiger partial charge < -0.3 is 15.4 Å². The predicted molar refractivity (Wildman–Crippen MR) is 80.0 cm³/mol. The van der Waals surface area contributed by atoms with E-state index in [2.05, 4.69) is 15.3 Å². The highest BCUT2D eigenvalue weighted by molar-refractivity contribution is 6.31. The molecular weight excluding hydrogens is 278 g/mol. The number of aromatic nitrogens is 2. The number of fused-ring (bicyclic) bond motifs is 1. The number of aliphatic hydroxyl groups is 1. The molecule has 5 nitrogen and oxygen atoms in total. The summed E-state index contributed by atoms with van der Waals surface area (Å²) in [6.07, 6.45) is 0.622. The molecule has 2 aromatic rings. The Kier molecular flexibility index (Phi) is 4.42. The standard InChI is InChI=1S/C14H18ClN3O2/c1-14(2,5-6-19)16-8-12-17-11-7-9(15)3-4-10(11)13(20)18-12/h3-4,7,16,19H,5-6,8H2,1-2H3,(H,17,18,20). The Morgan fingerprint density at radius 3 is 2.90 bits per heavy atom. The summed E-state index contributed by atoms with van der Waals surface area (Å²) < 4.78 is 0. The summed E-state index contributed by atoms with van der Waals surface area (Å²) in [4.78, 5) is 19.1. The highest BCUT2D eigenvalue weighted by atomic mass is 35.5. The average Bonchev–Trinajstić information content (AvgIpc) is 2.36. The second kappa shape index (κ2) is 5.91. The lowest BCUT2D eigenvalue weighted by Gasteiger charge is -2.25. The third-order valence-corrected chi connectivity index (χ3v) is 3.42. The van der Waals surface area contributed by atoms with Crippen molar-refractivity contribution in [1.82, 2.24) is 15.3 Å².